The number of ether oxygens (including phenoxy) is 1. The van der Waals surface area contributed by atoms with Gasteiger partial charge in [0.25, 0.3) is 11.8 Å². The maximum atomic E-state index is 13.1. The zero-order valence-electron chi connectivity index (χ0n) is 22.1. The Morgan fingerprint density at radius 2 is 1.83 bits per heavy atom. The molecule has 0 radical (unpaired) electrons. The summed E-state index contributed by atoms with van der Waals surface area (Å²) >= 11 is 6.34. The van der Waals surface area contributed by atoms with Crippen LogP contribution in [-0.4, -0.2) is 35.7 Å². The summed E-state index contributed by atoms with van der Waals surface area (Å²) in [5.41, 5.74) is 3.18. The number of carboxylic acid groups (broad SMARTS) is 1. The summed E-state index contributed by atoms with van der Waals surface area (Å²) in [4.78, 5) is 37.1. The molecule has 10 heteroatoms. The first-order valence-electron chi connectivity index (χ1n) is 12.5. The van der Waals surface area contributed by atoms with Crippen LogP contribution in [0.4, 0.5) is 5.69 Å². The van der Waals surface area contributed by atoms with E-state index in [2.05, 4.69) is 10.4 Å². The standard InChI is InChI=1S/C31H24ClN3O6.CH4/c1-18-25(30(37)35(34-18)22-9-6-20(7-10-22)31(38)39)16-24-11-13-28(41-24)21-8-12-27(32)26(15-21)29(36)33-17-19-4-3-5-23(14-19)40-2;/h3-16H,17H2,1-2H3,(H,33,36)(H,38,39);1H4/b25-16-;. The van der Waals surface area contributed by atoms with Gasteiger partial charge >= 0.3 is 5.97 Å². The molecule has 0 saturated heterocycles. The van der Waals surface area contributed by atoms with Gasteiger partial charge in [-0.25, -0.2) is 4.79 Å². The highest BCUT2D eigenvalue weighted by Crippen LogP contribution is 2.30. The van der Waals surface area contributed by atoms with Crippen molar-refractivity contribution in [2.75, 3.05) is 12.1 Å². The molecule has 0 aliphatic carbocycles. The number of hydrogen-bond acceptors (Lipinski definition) is 6. The van der Waals surface area contributed by atoms with Gasteiger partial charge in [-0.1, -0.05) is 31.2 Å². The molecule has 3 aromatic carbocycles. The Morgan fingerprint density at radius 3 is 2.55 bits per heavy atom. The summed E-state index contributed by atoms with van der Waals surface area (Å²) < 4.78 is 11.2. The molecule has 0 atom stereocenters. The molecule has 0 bridgehead atoms. The molecular weight excluding hydrogens is 558 g/mol. The van der Waals surface area contributed by atoms with Gasteiger partial charge in [0.05, 0.1) is 40.2 Å². The van der Waals surface area contributed by atoms with Gasteiger partial charge in [-0.05, 0) is 85.3 Å². The predicted molar refractivity (Wildman–Crippen MR) is 162 cm³/mol. The third-order valence-electron chi connectivity index (χ3n) is 6.42. The first-order valence-corrected chi connectivity index (χ1v) is 12.9. The predicted octanol–water partition coefficient (Wildman–Crippen LogP) is 6.68. The number of carboxylic acids is 1. The van der Waals surface area contributed by atoms with E-state index in [0.29, 0.717) is 56.9 Å². The SMILES string of the molecule is C.COc1cccc(CNC(=O)c2cc(-c3ccc(/C=C4\C(=O)N(c5ccc(C(=O)O)cc5)N=C4C)o3)ccc2Cl)c1. The Morgan fingerprint density at radius 1 is 1.07 bits per heavy atom. The topological polar surface area (TPSA) is 121 Å². The number of methoxy groups -OCH3 is 1. The van der Waals surface area contributed by atoms with Crippen LogP contribution in [0.25, 0.3) is 17.4 Å². The second kappa shape index (κ2) is 12.6. The van der Waals surface area contributed by atoms with Crippen LogP contribution in [0.15, 0.2) is 94.0 Å². The van der Waals surface area contributed by atoms with Crippen LogP contribution in [0.2, 0.25) is 5.02 Å². The molecule has 0 unspecified atom stereocenters. The van der Waals surface area contributed by atoms with E-state index >= 15 is 0 Å². The van der Waals surface area contributed by atoms with Crippen molar-refractivity contribution in [1.82, 2.24) is 5.32 Å². The van der Waals surface area contributed by atoms with Crippen LogP contribution < -0.4 is 15.1 Å². The highest BCUT2D eigenvalue weighted by atomic mass is 35.5. The van der Waals surface area contributed by atoms with E-state index in [0.717, 1.165) is 5.56 Å². The number of anilines is 1. The maximum absolute atomic E-state index is 13.1. The Bertz CT molecular complexity index is 1720. The van der Waals surface area contributed by atoms with Gasteiger partial charge in [0.1, 0.15) is 17.3 Å². The van der Waals surface area contributed by atoms with Crippen molar-refractivity contribution in [2.45, 2.75) is 20.9 Å². The number of rotatable bonds is 8. The van der Waals surface area contributed by atoms with Crippen LogP contribution in [0.3, 0.4) is 0 Å². The summed E-state index contributed by atoms with van der Waals surface area (Å²) in [7, 11) is 1.58. The number of carbonyl (C=O) groups excluding carboxylic acids is 2. The number of hydrogen-bond donors (Lipinski definition) is 2. The highest BCUT2D eigenvalue weighted by Gasteiger charge is 2.29. The van der Waals surface area contributed by atoms with E-state index in [9.17, 15) is 14.4 Å². The lowest BCUT2D eigenvalue weighted by Crippen LogP contribution is -2.23. The average Bonchev–Trinajstić information content (AvgIpc) is 3.56. The molecule has 2 heterocycles. The molecule has 0 spiro atoms. The first-order chi connectivity index (χ1) is 19.7. The monoisotopic (exact) mass is 585 g/mol. The summed E-state index contributed by atoms with van der Waals surface area (Å²) in [6, 6.07) is 21.7. The van der Waals surface area contributed by atoms with E-state index in [1.807, 2.05) is 24.3 Å². The van der Waals surface area contributed by atoms with Crippen molar-refractivity contribution < 1.29 is 28.6 Å². The van der Waals surface area contributed by atoms with Gasteiger partial charge in [-0.2, -0.15) is 10.1 Å². The Hall–Kier alpha value is -5.15. The van der Waals surface area contributed by atoms with E-state index in [1.165, 1.54) is 29.3 Å². The van der Waals surface area contributed by atoms with Crippen LogP contribution in [0.5, 0.6) is 5.75 Å². The molecule has 1 aromatic heterocycles. The fourth-order valence-electron chi connectivity index (χ4n) is 4.24. The minimum atomic E-state index is -1.06. The molecule has 4 aromatic rings. The number of hydrazone groups is 1. The number of benzene rings is 3. The molecule has 0 saturated carbocycles. The summed E-state index contributed by atoms with van der Waals surface area (Å²) in [5.74, 6) is -0.169. The fraction of sp³-hybridized carbons (Fsp3) is 0.125. The minimum absolute atomic E-state index is 0. The van der Waals surface area contributed by atoms with Gasteiger partial charge in [0.15, 0.2) is 0 Å². The van der Waals surface area contributed by atoms with E-state index < -0.39 is 5.97 Å². The van der Waals surface area contributed by atoms with Gasteiger partial charge in [-0.15, -0.1) is 0 Å². The van der Waals surface area contributed by atoms with Gasteiger partial charge < -0.3 is 19.6 Å². The number of nitrogens with one attached hydrogen (secondary N) is 1. The van der Waals surface area contributed by atoms with Crippen molar-refractivity contribution in [2.24, 2.45) is 5.10 Å². The van der Waals surface area contributed by atoms with E-state index in [4.69, 9.17) is 25.9 Å². The third kappa shape index (κ3) is 6.26. The molecule has 5 rings (SSSR count). The normalized spacial score (nSPS) is 13.5. The Kier molecular flexibility index (Phi) is 8.93. The van der Waals surface area contributed by atoms with Crippen molar-refractivity contribution in [1.29, 1.82) is 0 Å². The van der Waals surface area contributed by atoms with Gasteiger partial charge in [0, 0.05) is 12.1 Å². The number of furan rings is 1. The quantitative estimate of drug-likeness (QED) is 0.222. The zero-order chi connectivity index (χ0) is 29.1. The second-order valence-corrected chi connectivity index (χ2v) is 9.55. The lowest BCUT2D eigenvalue weighted by Gasteiger charge is -2.11. The van der Waals surface area contributed by atoms with Gasteiger partial charge in [0.2, 0.25) is 0 Å². The summed E-state index contributed by atoms with van der Waals surface area (Å²) in [5, 5.41) is 17.8. The number of halogens is 1. The minimum Gasteiger partial charge on any atom is -0.497 e. The lowest BCUT2D eigenvalue weighted by molar-refractivity contribution is -0.114. The van der Waals surface area contributed by atoms with Crippen molar-refractivity contribution in [3.8, 4) is 17.1 Å². The largest absolute Gasteiger partial charge is 0.497 e. The molecule has 2 N–H and O–H groups in total. The van der Waals surface area contributed by atoms with Crippen molar-refractivity contribution in [3.05, 3.63) is 112 Å². The molecule has 9 nitrogen and oxygen atoms in total. The molecular formula is C32H28ClN3O6. The molecule has 214 valence electrons. The molecule has 2 amide bonds. The van der Waals surface area contributed by atoms with E-state index in [1.54, 1.807) is 50.4 Å². The van der Waals surface area contributed by atoms with Crippen molar-refractivity contribution in [3.63, 3.8) is 0 Å². The molecule has 42 heavy (non-hydrogen) atoms. The zero-order valence-corrected chi connectivity index (χ0v) is 22.8. The number of carbonyl (C=O) groups is 3. The summed E-state index contributed by atoms with van der Waals surface area (Å²) in [6.45, 7) is 2.00. The second-order valence-electron chi connectivity index (χ2n) is 9.14. The maximum Gasteiger partial charge on any atom is 0.335 e. The first kappa shape index (κ1) is 29.8. The van der Waals surface area contributed by atoms with Crippen LogP contribution >= 0.6 is 11.6 Å². The smallest absolute Gasteiger partial charge is 0.335 e. The van der Waals surface area contributed by atoms with E-state index in [-0.39, 0.29) is 24.8 Å². The third-order valence-corrected chi connectivity index (χ3v) is 6.75. The van der Waals surface area contributed by atoms with Crippen molar-refractivity contribution >= 4 is 46.9 Å². The van der Waals surface area contributed by atoms with Crippen LogP contribution in [-0.2, 0) is 11.3 Å². The average molecular weight is 586 g/mol. The number of nitrogens with zero attached hydrogens (tertiary/aromatic N) is 2. The fourth-order valence-corrected chi connectivity index (χ4v) is 4.45. The molecule has 0 fully saturated rings. The van der Waals surface area contributed by atoms with Crippen LogP contribution in [0.1, 0.15) is 46.4 Å². The highest BCUT2D eigenvalue weighted by molar-refractivity contribution is 6.34. The summed E-state index contributed by atoms with van der Waals surface area (Å²) in [6.07, 6.45) is 1.59. The molecule has 1 aliphatic heterocycles. The number of amides is 2. The number of aromatic carboxylic acids is 1. The molecule has 1 aliphatic rings. The van der Waals surface area contributed by atoms with Gasteiger partial charge in [-0.3, -0.25) is 9.59 Å². The Labute approximate surface area is 247 Å². The Balaban J connectivity index is 0.00000405. The van der Waals surface area contributed by atoms with Crippen LogP contribution in [0, 0.1) is 0 Å². The lowest BCUT2D eigenvalue weighted by atomic mass is 10.1.